The summed E-state index contributed by atoms with van der Waals surface area (Å²) in [5, 5.41) is 10.3. The molecule has 104 valence electrons. The van der Waals surface area contributed by atoms with Gasteiger partial charge in [0, 0.05) is 22.3 Å². The maximum absolute atomic E-state index is 11.1. The molecule has 0 spiro atoms. The van der Waals surface area contributed by atoms with Crippen molar-refractivity contribution in [2.45, 2.75) is 29.9 Å². The van der Waals surface area contributed by atoms with Gasteiger partial charge in [0.05, 0.1) is 9.82 Å². The number of nitrogens with zero attached hydrogens (tertiary/aromatic N) is 1. The van der Waals surface area contributed by atoms with Crippen molar-refractivity contribution < 1.29 is 9.72 Å². The number of carbonyl (C=O) groups is 1. The summed E-state index contributed by atoms with van der Waals surface area (Å²) in [6.07, 6.45) is 0.715. The van der Waals surface area contributed by atoms with Gasteiger partial charge < -0.3 is 0 Å². The van der Waals surface area contributed by atoms with Crippen LogP contribution >= 0.6 is 35.0 Å². The second-order valence-corrected chi connectivity index (χ2v) is 6.98. The highest BCUT2D eigenvalue weighted by molar-refractivity contribution is 8.00. The molecular formula is C12H13Cl2NO3S. The lowest BCUT2D eigenvalue weighted by Crippen LogP contribution is -2.15. The number of nitro groups is 1. The van der Waals surface area contributed by atoms with Gasteiger partial charge in [0.1, 0.15) is 0 Å². The first kappa shape index (κ1) is 16.3. The first-order valence-electron chi connectivity index (χ1n) is 5.50. The Morgan fingerprint density at radius 3 is 2.58 bits per heavy atom. The van der Waals surface area contributed by atoms with Crippen LogP contribution in [0.1, 0.15) is 30.6 Å². The molecule has 0 amide bonds. The van der Waals surface area contributed by atoms with Gasteiger partial charge in [-0.05, 0) is 30.2 Å². The van der Waals surface area contributed by atoms with E-state index in [2.05, 4.69) is 0 Å². The molecule has 19 heavy (non-hydrogen) atoms. The van der Waals surface area contributed by atoms with Crippen LogP contribution in [0.4, 0.5) is 5.69 Å². The SMILES string of the molecule is CC(C)(CCCl)Sc1ccc(C(=O)Cl)cc1[N+](=O)[O-]. The van der Waals surface area contributed by atoms with E-state index in [1.807, 2.05) is 13.8 Å². The molecule has 0 unspecified atom stereocenters. The molecule has 0 saturated carbocycles. The van der Waals surface area contributed by atoms with E-state index in [-0.39, 0.29) is 16.0 Å². The third-order valence-corrected chi connectivity index (χ3v) is 4.19. The topological polar surface area (TPSA) is 60.2 Å². The van der Waals surface area contributed by atoms with Crippen LogP contribution in [0.25, 0.3) is 0 Å². The van der Waals surface area contributed by atoms with Crippen molar-refractivity contribution >= 4 is 45.9 Å². The van der Waals surface area contributed by atoms with Gasteiger partial charge >= 0.3 is 0 Å². The standard InChI is InChI=1S/C12H13Cl2NO3S/c1-12(2,5-6-13)19-10-4-3-8(11(14)16)7-9(10)15(17)18/h3-4,7H,5-6H2,1-2H3. The van der Waals surface area contributed by atoms with Crippen LogP contribution in [0.3, 0.4) is 0 Å². The van der Waals surface area contributed by atoms with E-state index < -0.39 is 10.2 Å². The summed E-state index contributed by atoms with van der Waals surface area (Å²) >= 11 is 12.4. The van der Waals surface area contributed by atoms with Gasteiger partial charge in [-0.25, -0.2) is 0 Å². The zero-order valence-corrected chi connectivity index (χ0v) is 12.8. The van der Waals surface area contributed by atoms with Crippen molar-refractivity contribution in [2.75, 3.05) is 5.88 Å². The summed E-state index contributed by atoms with van der Waals surface area (Å²) < 4.78 is -0.223. The van der Waals surface area contributed by atoms with Crippen molar-refractivity contribution in [1.29, 1.82) is 0 Å². The first-order chi connectivity index (χ1) is 8.76. The third-order valence-electron chi connectivity index (χ3n) is 2.47. The summed E-state index contributed by atoms with van der Waals surface area (Å²) in [4.78, 5) is 22.1. The van der Waals surface area contributed by atoms with E-state index in [9.17, 15) is 14.9 Å². The van der Waals surface area contributed by atoms with Gasteiger partial charge in [0.2, 0.25) is 0 Å². The predicted octanol–water partition coefficient (Wildman–Crippen LogP) is 4.47. The Balaban J connectivity index is 3.14. The summed E-state index contributed by atoms with van der Waals surface area (Å²) in [6, 6.07) is 4.24. The molecule has 1 aromatic rings. The largest absolute Gasteiger partial charge is 0.283 e. The Labute approximate surface area is 125 Å². The molecule has 0 aliphatic carbocycles. The normalized spacial score (nSPS) is 11.4. The smallest absolute Gasteiger partial charge is 0.276 e. The Hall–Kier alpha value is -0.780. The number of thioether (sulfide) groups is 1. The van der Waals surface area contributed by atoms with Crippen molar-refractivity contribution in [2.24, 2.45) is 0 Å². The van der Waals surface area contributed by atoms with Gasteiger partial charge in [-0.15, -0.1) is 23.4 Å². The van der Waals surface area contributed by atoms with Crippen LogP contribution in [-0.4, -0.2) is 20.8 Å². The lowest BCUT2D eigenvalue weighted by Gasteiger charge is -2.22. The molecule has 0 radical (unpaired) electrons. The van der Waals surface area contributed by atoms with Gasteiger partial charge in [-0.3, -0.25) is 14.9 Å². The molecule has 0 aliphatic heterocycles. The van der Waals surface area contributed by atoms with Crippen molar-refractivity contribution in [3.05, 3.63) is 33.9 Å². The fourth-order valence-electron chi connectivity index (χ4n) is 1.44. The molecule has 0 heterocycles. The summed E-state index contributed by atoms with van der Waals surface area (Å²) in [7, 11) is 0. The number of hydrogen-bond donors (Lipinski definition) is 0. The van der Waals surface area contributed by atoms with Crippen molar-refractivity contribution in [3.8, 4) is 0 Å². The van der Waals surface area contributed by atoms with E-state index in [0.717, 1.165) is 0 Å². The Morgan fingerprint density at radius 1 is 1.47 bits per heavy atom. The molecule has 0 N–H and O–H groups in total. The Kier molecular flexibility index (Phi) is 5.64. The Morgan fingerprint density at radius 2 is 2.11 bits per heavy atom. The minimum Gasteiger partial charge on any atom is -0.276 e. The van der Waals surface area contributed by atoms with E-state index in [4.69, 9.17) is 23.2 Å². The van der Waals surface area contributed by atoms with Crippen LogP contribution in [0.5, 0.6) is 0 Å². The van der Waals surface area contributed by atoms with Crippen LogP contribution < -0.4 is 0 Å². The van der Waals surface area contributed by atoms with E-state index in [1.165, 1.54) is 23.9 Å². The second kappa shape index (κ2) is 6.59. The number of benzene rings is 1. The number of halogens is 2. The molecular weight excluding hydrogens is 309 g/mol. The highest BCUT2D eigenvalue weighted by Gasteiger charge is 2.25. The van der Waals surface area contributed by atoms with E-state index in [0.29, 0.717) is 17.2 Å². The lowest BCUT2D eigenvalue weighted by molar-refractivity contribution is -0.387. The summed E-state index contributed by atoms with van der Waals surface area (Å²) in [5.74, 6) is 0.478. The van der Waals surface area contributed by atoms with Crippen LogP contribution in [0.15, 0.2) is 23.1 Å². The second-order valence-electron chi connectivity index (χ2n) is 4.51. The predicted molar refractivity (Wildman–Crippen MR) is 78.6 cm³/mol. The number of hydrogen-bond acceptors (Lipinski definition) is 4. The maximum Gasteiger partial charge on any atom is 0.283 e. The lowest BCUT2D eigenvalue weighted by atomic mass is 10.1. The highest BCUT2D eigenvalue weighted by atomic mass is 35.5. The first-order valence-corrected chi connectivity index (χ1v) is 7.23. The molecule has 0 bridgehead atoms. The van der Waals surface area contributed by atoms with Crippen LogP contribution in [-0.2, 0) is 0 Å². The molecule has 0 fully saturated rings. The number of carbonyl (C=O) groups excluding carboxylic acids is 1. The minimum absolute atomic E-state index is 0.112. The number of alkyl halides is 1. The average Bonchev–Trinajstić information content (AvgIpc) is 2.27. The van der Waals surface area contributed by atoms with Crippen molar-refractivity contribution in [1.82, 2.24) is 0 Å². The molecule has 0 atom stereocenters. The number of nitro benzene ring substituents is 1. The fourth-order valence-corrected chi connectivity index (χ4v) is 3.32. The number of rotatable bonds is 6. The van der Waals surface area contributed by atoms with Crippen LogP contribution in [0.2, 0.25) is 0 Å². The van der Waals surface area contributed by atoms with E-state index >= 15 is 0 Å². The molecule has 1 aromatic carbocycles. The van der Waals surface area contributed by atoms with Crippen molar-refractivity contribution in [3.63, 3.8) is 0 Å². The molecule has 0 aliphatic rings. The summed E-state index contributed by atoms with van der Waals surface area (Å²) in [6.45, 7) is 3.93. The molecule has 1 rings (SSSR count). The van der Waals surface area contributed by atoms with Gasteiger partial charge in [-0.1, -0.05) is 13.8 Å². The fraction of sp³-hybridized carbons (Fsp3) is 0.417. The third kappa shape index (κ3) is 4.67. The van der Waals surface area contributed by atoms with Gasteiger partial charge in [0.15, 0.2) is 0 Å². The quantitative estimate of drug-likeness (QED) is 0.255. The highest BCUT2D eigenvalue weighted by Crippen LogP contribution is 2.40. The molecule has 4 nitrogen and oxygen atoms in total. The minimum atomic E-state index is -0.709. The van der Waals surface area contributed by atoms with E-state index in [1.54, 1.807) is 6.07 Å². The molecule has 0 aromatic heterocycles. The van der Waals surface area contributed by atoms with Gasteiger partial charge in [-0.2, -0.15) is 0 Å². The zero-order valence-electron chi connectivity index (χ0n) is 10.5. The molecule has 7 heteroatoms. The Bertz CT molecular complexity index is 506. The van der Waals surface area contributed by atoms with Crippen LogP contribution in [0, 0.1) is 10.1 Å². The zero-order chi connectivity index (χ0) is 14.6. The average molecular weight is 322 g/mol. The maximum atomic E-state index is 11.1. The molecule has 0 saturated heterocycles. The summed E-state index contributed by atoms with van der Waals surface area (Å²) in [5.41, 5.74) is 0.00649. The van der Waals surface area contributed by atoms with Gasteiger partial charge in [0.25, 0.3) is 10.9 Å². The monoisotopic (exact) mass is 321 g/mol.